The predicted molar refractivity (Wildman–Crippen MR) is 52.9 cm³/mol. The van der Waals surface area contributed by atoms with E-state index in [1.54, 1.807) is 18.2 Å². The number of nitrogens with zero attached hydrogens (tertiary/aromatic N) is 1. The van der Waals surface area contributed by atoms with E-state index in [1.165, 1.54) is 0 Å². The first-order chi connectivity index (χ1) is 6.27. The maximum atomic E-state index is 5.85. The molecule has 0 fully saturated rings. The Morgan fingerprint density at radius 2 is 2.08 bits per heavy atom. The minimum Gasteiger partial charge on any atom is -0.276 e. The fourth-order valence-corrected chi connectivity index (χ4v) is 1.33. The molecule has 65 valence electrons. The van der Waals surface area contributed by atoms with Gasteiger partial charge in [0.2, 0.25) is 0 Å². The SMILES string of the molecule is Clc1ccc(-c2c[c][nH]n2)cc1Cl. The quantitative estimate of drug-likeness (QED) is 0.772. The van der Waals surface area contributed by atoms with E-state index < -0.39 is 0 Å². The standard InChI is InChI=1S/C9H5Cl2N2/c10-7-2-1-6(5-8(7)11)9-3-4-12-13-9/h1-3,5H,(H,12,13). The number of nitrogens with one attached hydrogen (secondary N) is 1. The summed E-state index contributed by atoms with van der Waals surface area (Å²) in [6, 6.07) is 7.12. The number of H-pyrrole nitrogens is 1. The summed E-state index contributed by atoms with van der Waals surface area (Å²) in [4.78, 5) is 0. The van der Waals surface area contributed by atoms with Crippen molar-refractivity contribution in [1.82, 2.24) is 10.2 Å². The van der Waals surface area contributed by atoms with Crippen molar-refractivity contribution in [2.24, 2.45) is 0 Å². The summed E-state index contributed by atoms with van der Waals surface area (Å²) in [6.07, 6.45) is 2.75. The highest BCUT2D eigenvalue weighted by Gasteiger charge is 2.02. The number of halogens is 2. The van der Waals surface area contributed by atoms with Crippen LogP contribution in [0.3, 0.4) is 0 Å². The van der Waals surface area contributed by atoms with Crippen LogP contribution in [0, 0.1) is 6.20 Å². The number of hydrogen-bond donors (Lipinski definition) is 1. The molecule has 1 N–H and O–H groups in total. The molecular formula is C9H5Cl2N2. The lowest BCUT2D eigenvalue weighted by Gasteiger charge is -1.98. The molecule has 0 amide bonds. The molecular weight excluding hydrogens is 207 g/mol. The number of benzene rings is 1. The van der Waals surface area contributed by atoms with Gasteiger partial charge in [0.15, 0.2) is 0 Å². The molecule has 0 saturated heterocycles. The van der Waals surface area contributed by atoms with Crippen LogP contribution in [0.1, 0.15) is 0 Å². The summed E-state index contributed by atoms with van der Waals surface area (Å²) in [5, 5.41) is 7.66. The van der Waals surface area contributed by atoms with Gasteiger partial charge in [0.1, 0.15) is 0 Å². The zero-order chi connectivity index (χ0) is 9.26. The van der Waals surface area contributed by atoms with E-state index in [-0.39, 0.29) is 0 Å². The molecule has 13 heavy (non-hydrogen) atoms. The Morgan fingerprint density at radius 3 is 2.69 bits per heavy atom. The second-order valence-corrected chi connectivity index (χ2v) is 3.34. The second kappa shape index (κ2) is 3.40. The van der Waals surface area contributed by atoms with Crippen molar-refractivity contribution in [3.63, 3.8) is 0 Å². The van der Waals surface area contributed by atoms with Crippen molar-refractivity contribution < 1.29 is 0 Å². The molecule has 0 aliphatic carbocycles. The number of rotatable bonds is 1. The van der Waals surface area contributed by atoms with Crippen molar-refractivity contribution in [1.29, 1.82) is 0 Å². The van der Waals surface area contributed by atoms with Gasteiger partial charge in [-0.2, -0.15) is 5.10 Å². The van der Waals surface area contributed by atoms with Gasteiger partial charge in [-0.3, -0.25) is 5.10 Å². The van der Waals surface area contributed by atoms with E-state index in [9.17, 15) is 0 Å². The molecule has 1 aromatic heterocycles. The van der Waals surface area contributed by atoms with Crippen LogP contribution >= 0.6 is 23.2 Å². The smallest absolute Gasteiger partial charge is 0.0928 e. The van der Waals surface area contributed by atoms with Crippen LogP contribution in [0.2, 0.25) is 10.0 Å². The number of aromatic amines is 1. The van der Waals surface area contributed by atoms with Gasteiger partial charge in [-0.1, -0.05) is 29.3 Å². The highest BCUT2D eigenvalue weighted by atomic mass is 35.5. The average Bonchev–Trinajstić information content (AvgIpc) is 2.62. The minimum absolute atomic E-state index is 0.530. The lowest BCUT2D eigenvalue weighted by atomic mass is 10.2. The van der Waals surface area contributed by atoms with Crippen molar-refractivity contribution in [2.75, 3.05) is 0 Å². The van der Waals surface area contributed by atoms with Crippen LogP contribution in [0.15, 0.2) is 24.3 Å². The Labute approximate surface area is 85.5 Å². The van der Waals surface area contributed by atoms with Gasteiger partial charge in [0.05, 0.1) is 21.9 Å². The molecule has 1 aromatic carbocycles. The fourth-order valence-electron chi connectivity index (χ4n) is 1.03. The molecule has 1 radical (unpaired) electrons. The Bertz CT molecular complexity index is 410. The lowest BCUT2D eigenvalue weighted by molar-refractivity contribution is 1.09. The Hall–Kier alpha value is -0.990. The Kier molecular flexibility index (Phi) is 2.25. The first-order valence-corrected chi connectivity index (χ1v) is 4.40. The number of hydrogen-bond acceptors (Lipinski definition) is 1. The average molecular weight is 212 g/mol. The third-order valence-electron chi connectivity index (χ3n) is 1.67. The van der Waals surface area contributed by atoms with Crippen LogP contribution in [-0.4, -0.2) is 10.2 Å². The van der Waals surface area contributed by atoms with Gasteiger partial charge < -0.3 is 0 Å². The fraction of sp³-hybridized carbons (Fsp3) is 0. The van der Waals surface area contributed by atoms with Gasteiger partial charge in [-0.15, -0.1) is 0 Å². The summed E-state index contributed by atoms with van der Waals surface area (Å²) < 4.78 is 0. The highest BCUT2D eigenvalue weighted by molar-refractivity contribution is 6.42. The van der Waals surface area contributed by atoms with Crippen molar-refractivity contribution in [3.8, 4) is 11.3 Å². The molecule has 0 aliphatic heterocycles. The highest BCUT2D eigenvalue weighted by Crippen LogP contribution is 2.26. The maximum absolute atomic E-state index is 5.85. The largest absolute Gasteiger partial charge is 0.276 e. The third kappa shape index (κ3) is 1.69. The van der Waals surface area contributed by atoms with Crippen molar-refractivity contribution in [3.05, 3.63) is 40.5 Å². The molecule has 2 aromatic rings. The minimum atomic E-state index is 0.530. The van der Waals surface area contributed by atoms with Gasteiger partial charge in [-0.05, 0) is 18.2 Å². The van der Waals surface area contributed by atoms with E-state index in [2.05, 4.69) is 16.4 Å². The van der Waals surface area contributed by atoms with E-state index in [1.807, 2.05) is 6.07 Å². The van der Waals surface area contributed by atoms with Crippen LogP contribution in [0.25, 0.3) is 11.3 Å². The van der Waals surface area contributed by atoms with Crippen LogP contribution in [0.4, 0.5) is 0 Å². The monoisotopic (exact) mass is 211 g/mol. The lowest BCUT2D eigenvalue weighted by Crippen LogP contribution is -1.78. The molecule has 2 rings (SSSR count). The Morgan fingerprint density at radius 1 is 1.23 bits per heavy atom. The first kappa shape index (κ1) is 8.60. The van der Waals surface area contributed by atoms with Crippen molar-refractivity contribution >= 4 is 23.2 Å². The van der Waals surface area contributed by atoms with Gasteiger partial charge >= 0.3 is 0 Å². The third-order valence-corrected chi connectivity index (χ3v) is 2.40. The zero-order valence-corrected chi connectivity index (χ0v) is 8.02. The van der Waals surface area contributed by atoms with E-state index >= 15 is 0 Å². The molecule has 0 saturated carbocycles. The van der Waals surface area contributed by atoms with Gasteiger partial charge in [0, 0.05) is 5.56 Å². The molecule has 0 aliphatic rings. The van der Waals surface area contributed by atoms with Crippen LogP contribution in [0.5, 0.6) is 0 Å². The molecule has 4 heteroatoms. The molecule has 1 heterocycles. The molecule has 0 spiro atoms. The molecule has 0 atom stereocenters. The summed E-state index contributed by atoms with van der Waals surface area (Å²) in [7, 11) is 0. The van der Waals surface area contributed by atoms with Crippen LogP contribution in [-0.2, 0) is 0 Å². The first-order valence-electron chi connectivity index (χ1n) is 3.64. The van der Waals surface area contributed by atoms with Crippen molar-refractivity contribution in [2.45, 2.75) is 0 Å². The van der Waals surface area contributed by atoms with E-state index in [4.69, 9.17) is 23.2 Å². The normalized spacial score (nSPS) is 10.3. The maximum Gasteiger partial charge on any atom is 0.0928 e. The Balaban J connectivity index is 2.49. The topological polar surface area (TPSA) is 28.7 Å². The summed E-state index contributed by atoms with van der Waals surface area (Å²) in [5.41, 5.74) is 1.73. The summed E-state index contributed by atoms with van der Waals surface area (Å²) in [5.74, 6) is 0. The van der Waals surface area contributed by atoms with Gasteiger partial charge in [0.25, 0.3) is 0 Å². The molecule has 0 bridgehead atoms. The summed E-state index contributed by atoms with van der Waals surface area (Å²) >= 11 is 11.6. The van der Waals surface area contributed by atoms with E-state index in [0.29, 0.717) is 10.0 Å². The van der Waals surface area contributed by atoms with Gasteiger partial charge in [-0.25, -0.2) is 0 Å². The zero-order valence-electron chi connectivity index (χ0n) is 6.51. The molecule has 2 nitrogen and oxygen atoms in total. The van der Waals surface area contributed by atoms with E-state index in [0.717, 1.165) is 11.3 Å². The summed E-state index contributed by atoms with van der Waals surface area (Å²) in [6.45, 7) is 0. The second-order valence-electron chi connectivity index (χ2n) is 2.53. The van der Waals surface area contributed by atoms with Crippen LogP contribution < -0.4 is 0 Å². The predicted octanol–water partition coefficient (Wildman–Crippen LogP) is 3.18. The molecule has 0 unspecified atom stereocenters. The number of aromatic nitrogens is 2.